The van der Waals surface area contributed by atoms with Gasteiger partial charge in [0.05, 0.1) is 0 Å². The highest BCUT2D eigenvalue weighted by Gasteiger charge is 2.03. The summed E-state index contributed by atoms with van der Waals surface area (Å²) in [5.74, 6) is -0.172. The Balaban J connectivity index is 1.99. The van der Waals surface area contributed by atoms with Crippen LogP contribution in [0.4, 0.5) is 11.4 Å². The minimum atomic E-state index is -0.172. The van der Waals surface area contributed by atoms with E-state index in [-0.39, 0.29) is 5.91 Å². The first kappa shape index (κ1) is 13.8. The van der Waals surface area contributed by atoms with Crippen LogP contribution in [0.3, 0.4) is 0 Å². The first-order valence-corrected chi connectivity index (χ1v) is 6.35. The zero-order valence-corrected chi connectivity index (χ0v) is 11.4. The SMILES string of the molecule is C=C(C)C(=O)Nc1cccc(NCc2cccnc2)c1. The molecule has 2 rings (SSSR count). The molecule has 2 aromatic rings. The summed E-state index contributed by atoms with van der Waals surface area (Å²) < 4.78 is 0. The van der Waals surface area contributed by atoms with Crippen molar-refractivity contribution in [2.24, 2.45) is 0 Å². The predicted molar refractivity (Wildman–Crippen MR) is 81.4 cm³/mol. The molecule has 0 unspecified atom stereocenters. The highest BCUT2D eigenvalue weighted by atomic mass is 16.1. The Bertz CT molecular complexity index is 608. The topological polar surface area (TPSA) is 54.0 Å². The molecule has 0 fully saturated rings. The molecule has 1 aromatic heterocycles. The fraction of sp³-hybridized carbons (Fsp3) is 0.125. The Hall–Kier alpha value is -2.62. The van der Waals surface area contributed by atoms with Crippen LogP contribution in [0, 0.1) is 0 Å². The number of carbonyl (C=O) groups excluding carboxylic acids is 1. The van der Waals surface area contributed by atoms with Crippen molar-refractivity contribution < 1.29 is 4.79 Å². The Morgan fingerprint density at radius 2 is 2.05 bits per heavy atom. The van der Waals surface area contributed by atoms with Crippen LogP contribution in [0.1, 0.15) is 12.5 Å². The van der Waals surface area contributed by atoms with Crippen LogP contribution in [0.25, 0.3) is 0 Å². The maximum Gasteiger partial charge on any atom is 0.250 e. The summed E-state index contributed by atoms with van der Waals surface area (Å²) in [7, 11) is 0. The van der Waals surface area contributed by atoms with Crippen molar-refractivity contribution in [2.45, 2.75) is 13.5 Å². The predicted octanol–water partition coefficient (Wildman–Crippen LogP) is 3.21. The van der Waals surface area contributed by atoms with Gasteiger partial charge in [0, 0.05) is 35.9 Å². The van der Waals surface area contributed by atoms with Crippen LogP contribution in [0.15, 0.2) is 60.9 Å². The number of aromatic nitrogens is 1. The van der Waals surface area contributed by atoms with E-state index in [1.807, 2.05) is 42.6 Å². The third-order valence-electron chi connectivity index (χ3n) is 2.73. The number of carbonyl (C=O) groups is 1. The number of pyridine rings is 1. The van der Waals surface area contributed by atoms with Gasteiger partial charge in [0.1, 0.15) is 0 Å². The lowest BCUT2D eigenvalue weighted by atomic mass is 10.2. The largest absolute Gasteiger partial charge is 0.381 e. The number of hydrogen-bond donors (Lipinski definition) is 2. The highest BCUT2D eigenvalue weighted by Crippen LogP contribution is 2.16. The lowest BCUT2D eigenvalue weighted by molar-refractivity contribution is -0.112. The summed E-state index contributed by atoms with van der Waals surface area (Å²) in [5.41, 5.74) is 3.27. The number of hydrogen-bond acceptors (Lipinski definition) is 3. The van der Waals surface area contributed by atoms with Gasteiger partial charge in [-0.05, 0) is 36.8 Å². The van der Waals surface area contributed by atoms with Gasteiger partial charge >= 0.3 is 0 Å². The highest BCUT2D eigenvalue weighted by molar-refractivity contribution is 6.03. The molecule has 1 heterocycles. The van der Waals surface area contributed by atoms with E-state index in [4.69, 9.17) is 0 Å². The lowest BCUT2D eigenvalue weighted by Crippen LogP contribution is -2.11. The van der Waals surface area contributed by atoms with Crippen molar-refractivity contribution in [1.29, 1.82) is 0 Å². The Morgan fingerprint density at radius 3 is 2.75 bits per heavy atom. The van der Waals surface area contributed by atoms with Gasteiger partial charge in [-0.1, -0.05) is 18.7 Å². The smallest absolute Gasteiger partial charge is 0.250 e. The Labute approximate surface area is 118 Å². The molecule has 102 valence electrons. The lowest BCUT2D eigenvalue weighted by Gasteiger charge is -2.09. The minimum absolute atomic E-state index is 0.172. The third-order valence-corrected chi connectivity index (χ3v) is 2.73. The molecule has 0 radical (unpaired) electrons. The third kappa shape index (κ3) is 3.95. The number of anilines is 2. The Morgan fingerprint density at radius 1 is 1.25 bits per heavy atom. The summed E-state index contributed by atoms with van der Waals surface area (Å²) in [6, 6.07) is 11.5. The molecule has 2 N–H and O–H groups in total. The molecule has 1 amide bonds. The molecule has 1 aromatic carbocycles. The maximum atomic E-state index is 11.6. The van der Waals surface area contributed by atoms with Gasteiger partial charge in [-0.3, -0.25) is 9.78 Å². The van der Waals surface area contributed by atoms with E-state index in [0.717, 1.165) is 16.9 Å². The molecular weight excluding hydrogens is 250 g/mol. The van der Waals surface area contributed by atoms with Crippen LogP contribution >= 0.6 is 0 Å². The quantitative estimate of drug-likeness (QED) is 0.818. The Kier molecular flexibility index (Phi) is 4.50. The van der Waals surface area contributed by atoms with Crippen LogP contribution in [0.5, 0.6) is 0 Å². The first-order chi connectivity index (χ1) is 9.65. The summed E-state index contributed by atoms with van der Waals surface area (Å²) in [4.78, 5) is 15.6. The molecule has 0 bridgehead atoms. The zero-order valence-electron chi connectivity index (χ0n) is 11.4. The molecule has 0 aliphatic heterocycles. The number of amides is 1. The van der Waals surface area contributed by atoms with Crippen LogP contribution in [-0.2, 0) is 11.3 Å². The summed E-state index contributed by atoms with van der Waals surface area (Å²) in [6.45, 7) is 5.98. The van der Waals surface area contributed by atoms with Crippen molar-refractivity contribution in [1.82, 2.24) is 4.98 Å². The summed E-state index contributed by atoms with van der Waals surface area (Å²) in [6.07, 6.45) is 3.57. The molecule has 20 heavy (non-hydrogen) atoms. The average Bonchev–Trinajstić information content (AvgIpc) is 2.46. The molecule has 4 heteroatoms. The van der Waals surface area contributed by atoms with Gasteiger partial charge in [0.15, 0.2) is 0 Å². The van der Waals surface area contributed by atoms with Crippen LogP contribution in [0.2, 0.25) is 0 Å². The van der Waals surface area contributed by atoms with E-state index >= 15 is 0 Å². The maximum absolute atomic E-state index is 11.6. The van der Waals surface area contributed by atoms with Crippen molar-refractivity contribution in [3.63, 3.8) is 0 Å². The molecule has 4 nitrogen and oxygen atoms in total. The average molecular weight is 267 g/mol. The molecule has 0 saturated carbocycles. The number of rotatable bonds is 5. The zero-order chi connectivity index (χ0) is 14.4. The van der Waals surface area contributed by atoms with Gasteiger partial charge in [-0.15, -0.1) is 0 Å². The van der Waals surface area contributed by atoms with Gasteiger partial charge in [0.2, 0.25) is 0 Å². The van der Waals surface area contributed by atoms with E-state index in [0.29, 0.717) is 12.1 Å². The molecule has 0 spiro atoms. The van der Waals surface area contributed by atoms with Crippen LogP contribution < -0.4 is 10.6 Å². The second-order valence-corrected chi connectivity index (χ2v) is 4.53. The second-order valence-electron chi connectivity index (χ2n) is 4.53. The second kappa shape index (κ2) is 6.52. The van der Waals surface area contributed by atoms with Gasteiger partial charge < -0.3 is 10.6 Å². The fourth-order valence-corrected chi connectivity index (χ4v) is 1.65. The summed E-state index contributed by atoms with van der Waals surface area (Å²) in [5, 5.41) is 6.08. The van der Waals surface area contributed by atoms with Crippen molar-refractivity contribution in [3.05, 3.63) is 66.5 Å². The number of nitrogens with zero attached hydrogens (tertiary/aromatic N) is 1. The molecule has 0 saturated heterocycles. The first-order valence-electron chi connectivity index (χ1n) is 6.35. The standard InChI is InChI=1S/C16H17N3O/c1-12(2)16(20)19-15-7-3-6-14(9-15)18-11-13-5-4-8-17-10-13/h3-10,18H,1,11H2,2H3,(H,19,20). The minimum Gasteiger partial charge on any atom is -0.381 e. The molecule has 0 atom stereocenters. The van der Waals surface area contributed by atoms with E-state index in [1.54, 1.807) is 13.1 Å². The van der Waals surface area contributed by atoms with Gasteiger partial charge in [-0.25, -0.2) is 0 Å². The summed E-state index contributed by atoms with van der Waals surface area (Å²) >= 11 is 0. The molecular formula is C16H17N3O. The normalized spacial score (nSPS) is 9.85. The van der Waals surface area contributed by atoms with Crippen LogP contribution in [-0.4, -0.2) is 10.9 Å². The van der Waals surface area contributed by atoms with Crippen molar-refractivity contribution >= 4 is 17.3 Å². The fourth-order valence-electron chi connectivity index (χ4n) is 1.65. The van der Waals surface area contributed by atoms with E-state index < -0.39 is 0 Å². The van der Waals surface area contributed by atoms with E-state index in [9.17, 15) is 4.79 Å². The number of nitrogens with one attached hydrogen (secondary N) is 2. The van der Waals surface area contributed by atoms with Gasteiger partial charge in [-0.2, -0.15) is 0 Å². The van der Waals surface area contributed by atoms with E-state index in [2.05, 4.69) is 22.2 Å². The monoisotopic (exact) mass is 267 g/mol. The van der Waals surface area contributed by atoms with Crippen molar-refractivity contribution in [2.75, 3.05) is 10.6 Å². The van der Waals surface area contributed by atoms with Crippen molar-refractivity contribution in [3.8, 4) is 0 Å². The van der Waals surface area contributed by atoms with E-state index in [1.165, 1.54) is 0 Å². The molecule has 0 aliphatic rings. The van der Waals surface area contributed by atoms with Gasteiger partial charge in [0.25, 0.3) is 5.91 Å². The number of benzene rings is 1. The molecule has 0 aliphatic carbocycles.